The average Bonchev–Trinajstić information content (AvgIpc) is 3.31. The van der Waals surface area contributed by atoms with Crippen LogP contribution in [0.5, 0.6) is 0 Å². The van der Waals surface area contributed by atoms with E-state index in [9.17, 15) is 0 Å². The van der Waals surface area contributed by atoms with E-state index in [2.05, 4.69) is 34.3 Å². The molecule has 1 saturated heterocycles. The van der Waals surface area contributed by atoms with Gasteiger partial charge in [-0.3, -0.25) is 4.90 Å². The van der Waals surface area contributed by atoms with Crippen LogP contribution in [0.3, 0.4) is 0 Å². The summed E-state index contributed by atoms with van der Waals surface area (Å²) < 4.78 is 0. The summed E-state index contributed by atoms with van der Waals surface area (Å²) in [5, 5.41) is 0. The third kappa shape index (κ3) is 2.80. The zero-order valence-corrected chi connectivity index (χ0v) is 13.5. The van der Waals surface area contributed by atoms with Gasteiger partial charge in [0.15, 0.2) is 0 Å². The highest BCUT2D eigenvalue weighted by Crippen LogP contribution is 2.32. The molecule has 3 nitrogen and oxygen atoms in total. The maximum Gasteiger partial charge on any atom is 0.107 e. The Kier molecular flexibility index (Phi) is 4.19. The predicted octanol–water partition coefficient (Wildman–Crippen LogP) is 2.33. The Labute approximate surface area is 130 Å². The Morgan fingerprint density at radius 2 is 1.95 bits per heavy atom. The molecule has 2 N–H and O–H groups in total. The topological polar surface area (TPSA) is 32.5 Å². The molecule has 0 amide bonds. The van der Waals surface area contributed by atoms with Gasteiger partial charge in [-0.15, -0.1) is 11.8 Å². The van der Waals surface area contributed by atoms with Gasteiger partial charge in [0.05, 0.1) is 0 Å². The van der Waals surface area contributed by atoms with E-state index in [0.29, 0.717) is 4.99 Å². The van der Waals surface area contributed by atoms with E-state index < -0.39 is 0 Å². The molecule has 2 aliphatic rings. The van der Waals surface area contributed by atoms with Crippen LogP contribution in [0, 0.1) is 0 Å². The number of piperazine rings is 1. The largest absolute Gasteiger partial charge is 0.389 e. The van der Waals surface area contributed by atoms with Gasteiger partial charge in [-0.05, 0) is 31.2 Å². The number of benzene rings is 1. The standard InChI is InChI=1S/C15H21N3S2/c1-20-13-4-2-3-12(14(13)15(16)19)18-9-7-17(8-10-18)11-5-6-11/h2-4,11H,5-10H2,1H3,(H2,16,19). The van der Waals surface area contributed by atoms with Crippen molar-refractivity contribution in [3.63, 3.8) is 0 Å². The van der Waals surface area contributed by atoms with Crippen LogP contribution in [0.1, 0.15) is 18.4 Å². The molecule has 0 aromatic heterocycles. The van der Waals surface area contributed by atoms with Crippen molar-refractivity contribution in [2.75, 3.05) is 37.3 Å². The summed E-state index contributed by atoms with van der Waals surface area (Å²) in [6.07, 6.45) is 4.85. The summed E-state index contributed by atoms with van der Waals surface area (Å²) in [4.78, 5) is 6.75. The lowest BCUT2D eigenvalue weighted by molar-refractivity contribution is 0.248. The molecule has 5 heteroatoms. The minimum Gasteiger partial charge on any atom is -0.389 e. The monoisotopic (exact) mass is 307 g/mol. The van der Waals surface area contributed by atoms with Crippen LogP contribution in [0.2, 0.25) is 0 Å². The lowest BCUT2D eigenvalue weighted by Gasteiger charge is -2.37. The van der Waals surface area contributed by atoms with Crippen LogP contribution in [0.25, 0.3) is 0 Å². The molecule has 1 heterocycles. The molecule has 0 radical (unpaired) electrons. The molecule has 2 fully saturated rings. The number of nitrogens with two attached hydrogens (primary N) is 1. The highest BCUT2D eigenvalue weighted by molar-refractivity contribution is 7.98. The van der Waals surface area contributed by atoms with Crippen LogP contribution in [-0.4, -0.2) is 48.4 Å². The van der Waals surface area contributed by atoms with E-state index in [4.69, 9.17) is 18.0 Å². The number of thiocarbonyl (C=S) groups is 1. The normalized spacial score (nSPS) is 20.1. The second kappa shape index (κ2) is 5.92. The van der Waals surface area contributed by atoms with Gasteiger partial charge in [-0.2, -0.15) is 0 Å². The third-order valence-corrected chi connectivity index (χ3v) is 5.17. The van der Waals surface area contributed by atoms with Crippen molar-refractivity contribution in [2.24, 2.45) is 5.73 Å². The van der Waals surface area contributed by atoms with Crippen LogP contribution < -0.4 is 10.6 Å². The van der Waals surface area contributed by atoms with E-state index in [1.54, 1.807) is 11.8 Å². The van der Waals surface area contributed by atoms with Crippen molar-refractivity contribution in [1.29, 1.82) is 0 Å². The molecule has 1 aromatic carbocycles. The Morgan fingerprint density at radius 1 is 1.25 bits per heavy atom. The number of nitrogens with zero attached hydrogens (tertiary/aromatic N) is 2. The molecule has 0 spiro atoms. The Balaban J connectivity index is 1.81. The molecule has 20 heavy (non-hydrogen) atoms. The summed E-state index contributed by atoms with van der Waals surface area (Å²) in [6, 6.07) is 7.23. The molecule has 3 rings (SSSR count). The zero-order valence-electron chi connectivity index (χ0n) is 11.8. The van der Waals surface area contributed by atoms with E-state index in [-0.39, 0.29) is 0 Å². The first kappa shape index (κ1) is 14.2. The Bertz CT molecular complexity index is 506. The molecule has 1 aliphatic carbocycles. The SMILES string of the molecule is CSc1cccc(N2CCN(C3CC3)CC2)c1C(N)=S. The first-order valence-electron chi connectivity index (χ1n) is 7.16. The minimum atomic E-state index is 0.509. The van der Waals surface area contributed by atoms with Gasteiger partial charge in [-0.25, -0.2) is 0 Å². The predicted molar refractivity (Wildman–Crippen MR) is 90.9 cm³/mol. The van der Waals surface area contributed by atoms with Crippen LogP contribution in [0.4, 0.5) is 5.69 Å². The second-order valence-electron chi connectivity index (χ2n) is 5.47. The molecule has 0 bridgehead atoms. The van der Waals surface area contributed by atoms with E-state index >= 15 is 0 Å². The minimum absolute atomic E-state index is 0.509. The van der Waals surface area contributed by atoms with Crippen molar-refractivity contribution < 1.29 is 0 Å². The quantitative estimate of drug-likeness (QED) is 0.682. The van der Waals surface area contributed by atoms with Gasteiger partial charge in [-0.1, -0.05) is 18.3 Å². The summed E-state index contributed by atoms with van der Waals surface area (Å²) >= 11 is 6.99. The van der Waals surface area contributed by atoms with Gasteiger partial charge in [0.25, 0.3) is 0 Å². The first-order chi connectivity index (χ1) is 9.70. The molecular weight excluding hydrogens is 286 g/mol. The van der Waals surface area contributed by atoms with Gasteiger partial charge in [0.2, 0.25) is 0 Å². The summed E-state index contributed by atoms with van der Waals surface area (Å²) in [5.41, 5.74) is 8.22. The van der Waals surface area contributed by atoms with Crippen LogP contribution >= 0.6 is 24.0 Å². The van der Waals surface area contributed by atoms with Crippen molar-refractivity contribution in [2.45, 2.75) is 23.8 Å². The first-order valence-corrected chi connectivity index (χ1v) is 8.80. The molecule has 1 aliphatic heterocycles. The fraction of sp³-hybridized carbons (Fsp3) is 0.533. The van der Waals surface area contributed by atoms with Gasteiger partial charge in [0.1, 0.15) is 4.99 Å². The van der Waals surface area contributed by atoms with Crippen molar-refractivity contribution in [3.05, 3.63) is 23.8 Å². The second-order valence-corrected chi connectivity index (χ2v) is 6.76. The van der Waals surface area contributed by atoms with Gasteiger partial charge < -0.3 is 10.6 Å². The lowest BCUT2D eigenvalue weighted by atomic mass is 10.1. The molecule has 0 unspecified atom stereocenters. The Morgan fingerprint density at radius 3 is 2.50 bits per heavy atom. The number of anilines is 1. The van der Waals surface area contributed by atoms with Crippen molar-refractivity contribution >= 4 is 34.7 Å². The molecule has 1 saturated carbocycles. The number of hydrogen-bond donors (Lipinski definition) is 1. The van der Waals surface area contributed by atoms with Crippen molar-refractivity contribution in [1.82, 2.24) is 4.90 Å². The lowest BCUT2D eigenvalue weighted by Crippen LogP contribution is -2.47. The highest BCUT2D eigenvalue weighted by Gasteiger charge is 2.31. The number of rotatable bonds is 4. The fourth-order valence-corrected chi connectivity index (χ4v) is 3.88. The van der Waals surface area contributed by atoms with Crippen molar-refractivity contribution in [3.8, 4) is 0 Å². The smallest absolute Gasteiger partial charge is 0.107 e. The zero-order chi connectivity index (χ0) is 14.1. The number of thioether (sulfide) groups is 1. The van der Waals surface area contributed by atoms with E-state index in [1.165, 1.54) is 23.4 Å². The summed E-state index contributed by atoms with van der Waals surface area (Å²) in [6.45, 7) is 4.46. The molecule has 1 aromatic rings. The fourth-order valence-electron chi connectivity index (χ4n) is 2.97. The van der Waals surface area contributed by atoms with Gasteiger partial charge in [0, 0.05) is 48.4 Å². The molecule has 108 valence electrons. The van der Waals surface area contributed by atoms with E-state index in [0.717, 1.165) is 37.8 Å². The van der Waals surface area contributed by atoms with Gasteiger partial charge >= 0.3 is 0 Å². The van der Waals surface area contributed by atoms with Crippen LogP contribution in [-0.2, 0) is 0 Å². The third-order valence-electron chi connectivity index (χ3n) is 4.19. The molecule has 0 atom stereocenters. The highest BCUT2D eigenvalue weighted by atomic mass is 32.2. The van der Waals surface area contributed by atoms with E-state index in [1.807, 2.05) is 0 Å². The number of hydrogen-bond acceptors (Lipinski definition) is 4. The summed E-state index contributed by atoms with van der Waals surface area (Å²) in [5.74, 6) is 0. The summed E-state index contributed by atoms with van der Waals surface area (Å²) in [7, 11) is 0. The Hall–Kier alpha value is -0.780. The van der Waals surface area contributed by atoms with Crippen LogP contribution in [0.15, 0.2) is 23.1 Å². The molecular formula is C15H21N3S2. The maximum absolute atomic E-state index is 5.96. The average molecular weight is 307 g/mol. The maximum atomic E-state index is 5.96.